The second-order valence-electron chi connectivity index (χ2n) is 4.14. The lowest BCUT2D eigenvalue weighted by Crippen LogP contribution is -1.96. The van der Waals surface area contributed by atoms with E-state index in [2.05, 4.69) is 11.9 Å². The highest BCUT2D eigenvalue weighted by molar-refractivity contribution is 6.40. The third kappa shape index (κ3) is 4.75. The summed E-state index contributed by atoms with van der Waals surface area (Å²) in [5, 5.41) is 0.970. The summed E-state index contributed by atoms with van der Waals surface area (Å²) in [5.41, 5.74) is 0. The molecule has 16 heavy (non-hydrogen) atoms. The quantitative estimate of drug-likeness (QED) is 0.607. The maximum atomic E-state index is 5.96. The van der Waals surface area contributed by atoms with Gasteiger partial charge >= 0.3 is 0 Å². The van der Waals surface area contributed by atoms with Crippen LogP contribution in [0.4, 0.5) is 0 Å². The third-order valence-electron chi connectivity index (χ3n) is 2.74. The first-order valence-electron chi connectivity index (χ1n) is 6.11. The van der Waals surface area contributed by atoms with E-state index in [1.807, 2.05) is 4.57 Å². The number of imidazole rings is 1. The Labute approximate surface area is 108 Å². The molecule has 0 amide bonds. The molecule has 0 saturated heterocycles. The number of hydrogen-bond acceptors (Lipinski definition) is 1. The van der Waals surface area contributed by atoms with Gasteiger partial charge < -0.3 is 4.57 Å². The van der Waals surface area contributed by atoms with E-state index in [1.54, 1.807) is 6.33 Å². The molecular weight excluding hydrogens is 243 g/mol. The molecule has 92 valence electrons. The molecule has 1 aromatic heterocycles. The highest BCUT2D eigenvalue weighted by atomic mass is 35.5. The van der Waals surface area contributed by atoms with Gasteiger partial charge in [-0.15, -0.1) is 0 Å². The second kappa shape index (κ2) is 7.97. The Balaban J connectivity index is 2.05. The van der Waals surface area contributed by atoms with E-state index in [9.17, 15) is 0 Å². The van der Waals surface area contributed by atoms with Gasteiger partial charge in [-0.1, -0.05) is 68.7 Å². The van der Waals surface area contributed by atoms with Crippen LogP contribution >= 0.6 is 23.2 Å². The van der Waals surface area contributed by atoms with Crippen LogP contribution in [-0.4, -0.2) is 9.55 Å². The number of rotatable bonds is 8. The first kappa shape index (κ1) is 13.9. The zero-order valence-electron chi connectivity index (χ0n) is 9.88. The second-order valence-corrected chi connectivity index (χ2v) is 4.86. The lowest BCUT2D eigenvalue weighted by Gasteiger charge is -2.03. The molecule has 0 fully saturated rings. The minimum Gasteiger partial charge on any atom is -0.320 e. The van der Waals surface area contributed by atoms with E-state index in [0.717, 1.165) is 13.0 Å². The van der Waals surface area contributed by atoms with Gasteiger partial charge in [-0.05, 0) is 6.42 Å². The monoisotopic (exact) mass is 262 g/mol. The first-order valence-corrected chi connectivity index (χ1v) is 6.87. The van der Waals surface area contributed by atoms with Crippen LogP contribution in [0.3, 0.4) is 0 Å². The van der Waals surface area contributed by atoms with Crippen molar-refractivity contribution in [3.63, 3.8) is 0 Å². The predicted octanol–water partition coefficient (Wildman–Crippen LogP) is 4.94. The SMILES string of the molecule is CCCCCCCCCn1cnc(Cl)c1Cl. The van der Waals surface area contributed by atoms with E-state index in [-0.39, 0.29) is 0 Å². The van der Waals surface area contributed by atoms with Crippen LogP contribution in [0.15, 0.2) is 6.33 Å². The van der Waals surface area contributed by atoms with Gasteiger partial charge in [-0.25, -0.2) is 4.98 Å². The molecule has 0 saturated carbocycles. The van der Waals surface area contributed by atoms with Crippen molar-refractivity contribution in [1.82, 2.24) is 9.55 Å². The lowest BCUT2D eigenvalue weighted by molar-refractivity contribution is 0.550. The normalized spacial score (nSPS) is 10.9. The summed E-state index contributed by atoms with van der Waals surface area (Å²) in [5.74, 6) is 0. The third-order valence-corrected chi connectivity index (χ3v) is 3.50. The van der Waals surface area contributed by atoms with Crippen molar-refractivity contribution in [3.8, 4) is 0 Å². The number of aromatic nitrogens is 2. The van der Waals surface area contributed by atoms with Crippen LogP contribution in [-0.2, 0) is 6.54 Å². The molecule has 4 heteroatoms. The van der Waals surface area contributed by atoms with Gasteiger partial charge in [-0.2, -0.15) is 0 Å². The van der Waals surface area contributed by atoms with Crippen molar-refractivity contribution < 1.29 is 0 Å². The fraction of sp³-hybridized carbons (Fsp3) is 0.750. The number of halogens is 2. The Hall–Kier alpha value is -0.210. The highest BCUT2D eigenvalue weighted by Gasteiger charge is 2.04. The topological polar surface area (TPSA) is 17.8 Å². The Morgan fingerprint density at radius 2 is 1.69 bits per heavy atom. The van der Waals surface area contributed by atoms with E-state index in [1.165, 1.54) is 38.5 Å². The van der Waals surface area contributed by atoms with Gasteiger partial charge in [0.05, 0.1) is 6.33 Å². The minimum atomic E-state index is 0.407. The van der Waals surface area contributed by atoms with E-state index in [0.29, 0.717) is 10.3 Å². The van der Waals surface area contributed by atoms with Gasteiger partial charge in [0.15, 0.2) is 5.15 Å². The molecule has 0 aliphatic heterocycles. The standard InChI is InChI=1S/C12H20Cl2N2/c1-2-3-4-5-6-7-8-9-16-10-15-11(13)12(16)14/h10H,2-9H2,1H3. The predicted molar refractivity (Wildman–Crippen MR) is 70.2 cm³/mol. The molecule has 0 aliphatic rings. The molecule has 0 spiro atoms. The fourth-order valence-electron chi connectivity index (χ4n) is 1.74. The Bertz CT molecular complexity index is 297. The van der Waals surface area contributed by atoms with Crippen molar-refractivity contribution >= 4 is 23.2 Å². The van der Waals surface area contributed by atoms with Crippen LogP contribution in [0.2, 0.25) is 10.3 Å². The van der Waals surface area contributed by atoms with Crippen LogP contribution in [0.5, 0.6) is 0 Å². The molecule has 0 N–H and O–H groups in total. The summed E-state index contributed by atoms with van der Waals surface area (Å²) in [7, 11) is 0. The van der Waals surface area contributed by atoms with Crippen LogP contribution in [0.1, 0.15) is 51.9 Å². The molecule has 1 heterocycles. The number of aryl methyl sites for hydroxylation is 1. The maximum absolute atomic E-state index is 5.96. The van der Waals surface area contributed by atoms with E-state index >= 15 is 0 Å². The molecule has 2 nitrogen and oxygen atoms in total. The molecular formula is C12H20Cl2N2. The summed E-state index contributed by atoms with van der Waals surface area (Å²) in [4.78, 5) is 3.95. The largest absolute Gasteiger partial charge is 0.320 e. The first-order chi connectivity index (χ1) is 7.75. The van der Waals surface area contributed by atoms with Crippen molar-refractivity contribution in [3.05, 3.63) is 16.6 Å². The zero-order chi connectivity index (χ0) is 11.8. The summed E-state index contributed by atoms with van der Waals surface area (Å²) < 4.78 is 1.91. The summed E-state index contributed by atoms with van der Waals surface area (Å²) in [6.45, 7) is 3.16. The van der Waals surface area contributed by atoms with Crippen LogP contribution in [0.25, 0.3) is 0 Å². The minimum absolute atomic E-state index is 0.407. The highest BCUT2D eigenvalue weighted by Crippen LogP contribution is 2.20. The number of nitrogens with zero attached hydrogens (tertiary/aromatic N) is 2. The summed E-state index contributed by atoms with van der Waals surface area (Å²) in [6, 6.07) is 0. The van der Waals surface area contributed by atoms with Crippen LogP contribution < -0.4 is 0 Å². The Morgan fingerprint density at radius 3 is 2.25 bits per heavy atom. The average Bonchev–Trinajstić information content (AvgIpc) is 2.59. The van der Waals surface area contributed by atoms with Crippen LogP contribution in [0, 0.1) is 0 Å². The molecule has 0 atom stereocenters. The zero-order valence-corrected chi connectivity index (χ0v) is 11.4. The van der Waals surface area contributed by atoms with Gasteiger partial charge in [0, 0.05) is 6.54 Å². The maximum Gasteiger partial charge on any atom is 0.166 e. The van der Waals surface area contributed by atoms with Gasteiger partial charge in [0.2, 0.25) is 0 Å². The molecule has 1 aromatic rings. The Kier molecular flexibility index (Phi) is 6.90. The molecule has 1 rings (SSSR count). The van der Waals surface area contributed by atoms with Gasteiger partial charge in [-0.3, -0.25) is 0 Å². The van der Waals surface area contributed by atoms with Gasteiger partial charge in [0.1, 0.15) is 5.15 Å². The van der Waals surface area contributed by atoms with Crippen molar-refractivity contribution in [2.45, 2.75) is 58.4 Å². The van der Waals surface area contributed by atoms with Crippen molar-refractivity contribution in [1.29, 1.82) is 0 Å². The molecule has 0 bridgehead atoms. The van der Waals surface area contributed by atoms with Crippen molar-refractivity contribution in [2.75, 3.05) is 0 Å². The smallest absolute Gasteiger partial charge is 0.166 e. The van der Waals surface area contributed by atoms with E-state index < -0.39 is 0 Å². The molecule has 0 unspecified atom stereocenters. The number of hydrogen-bond donors (Lipinski definition) is 0. The number of unbranched alkanes of at least 4 members (excludes halogenated alkanes) is 6. The Morgan fingerprint density at radius 1 is 1.06 bits per heavy atom. The molecule has 0 aromatic carbocycles. The average molecular weight is 263 g/mol. The fourth-order valence-corrected chi connectivity index (χ4v) is 2.07. The molecule has 0 aliphatic carbocycles. The van der Waals surface area contributed by atoms with E-state index in [4.69, 9.17) is 23.2 Å². The van der Waals surface area contributed by atoms with Gasteiger partial charge in [0.25, 0.3) is 0 Å². The lowest BCUT2D eigenvalue weighted by atomic mass is 10.1. The summed E-state index contributed by atoms with van der Waals surface area (Å²) >= 11 is 11.7. The molecule has 0 radical (unpaired) electrons. The summed E-state index contributed by atoms with van der Waals surface area (Å²) in [6.07, 6.45) is 10.8. The van der Waals surface area contributed by atoms with Crippen molar-refractivity contribution in [2.24, 2.45) is 0 Å².